The van der Waals surface area contributed by atoms with Crippen molar-refractivity contribution in [3.63, 3.8) is 0 Å². The van der Waals surface area contributed by atoms with E-state index in [4.69, 9.17) is 37.2 Å². The first-order valence-corrected chi connectivity index (χ1v) is 8.00. The second kappa shape index (κ2) is 7.48. The Kier molecular flexibility index (Phi) is 5.35. The lowest BCUT2D eigenvalue weighted by Gasteiger charge is -2.33. The van der Waals surface area contributed by atoms with Crippen LogP contribution in [0.5, 0.6) is 0 Å². The number of nitrogens with zero attached hydrogens (tertiary/aromatic N) is 3. The van der Waals surface area contributed by atoms with Crippen molar-refractivity contribution in [1.82, 2.24) is 15.0 Å². The van der Waals surface area contributed by atoms with E-state index < -0.39 is 6.04 Å². The number of aromatic nitrogens is 2. The molecule has 128 valence electrons. The summed E-state index contributed by atoms with van der Waals surface area (Å²) in [6, 6.07) is 4.29. The van der Waals surface area contributed by atoms with Crippen LogP contribution in [0.25, 0.3) is 0 Å². The van der Waals surface area contributed by atoms with E-state index in [1.165, 1.54) is 7.11 Å². The van der Waals surface area contributed by atoms with E-state index in [2.05, 4.69) is 10.1 Å². The molecule has 0 N–H and O–H groups in total. The summed E-state index contributed by atoms with van der Waals surface area (Å²) in [5, 5.41) is 4.73. The summed E-state index contributed by atoms with van der Waals surface area (Å²) in [5.74, 6) is 0.505. The van der Waals surface area contributed by atoms with Crippen LogP contribution in [0, 0.1) is 0 Å². The molecule has 1 aromatic carbocycles. The van der Waals surface area contributed by atoms with Crippen molar-refractivity contribution in [2.24, 2.45) is 0 Å². The van der Waals surface area contributed by atoms with E-state index in [0.717, 1.165) is 0 Å². The lowest BCUT2D eigenvalue weighted by molar-refractivity contribution is -0.00576. The van der Waals surface area contributed by atoms with Crippen molar-refractivity contribution in [3.8, 4) is 0 Å². The number of carbonyl (C=O) groups is 1. The number of hydrogen-bond donors (Lipinski definition) is 0. The Morgan fingerprint density at radius 1 is 1.38 bits per heavy atom. The van der Waals surface area contributed by atoms with Gasteiger partial charge in [-0.3, -0.25) is 4.79 Å². The summed E-state index contributed by atoms with van der Waals surface area (Å²) >= 11 is 12.0. The number of carbonyl (C=O) groups excluding carboxylic acids is 1. The van der Waals surface area contributed by atoms with Gasteiger partial charge in [0.1, 0.15) is 12.6 Å². The molecule has 0 saturated carbocycles. The molecule has 2 aromatic rings. The molecular weight excluding hydrogens is 357 g/mol. The third-order valence-electron chi connectivity index (χ3n) is 3.55. The predicted octanol–water partition coefficient (Wildman–Crippen LogP) is 2.74. The molecule has 1 saturated heterocycles. The third-order valence-corrected chi connectivity index (χ3v) is 3.98. The largest absolute Gasteiger partial charge is 0.377 e. The van der Waals surface area contributed by atoms with Gasteiger partial charge in [-0.15, -0.1) is 0 Å². The Morgan fingerprint density at radius 2 is 2.12 bits per heavy atom. The van der Waals surface area contributed by atoms with Gasteiger partial charge in [0.05, 0.1) is 13.2 Å². The number of amides is 1. The van der Waals surface area contributed by atoms with Crippen LogP contribution < -0.4 is 0 Å². The number of rotatable bonds is 4. The van der Waals surface area contributed by atoms with Crippen molar-refractivity contribution < 1.29 is 18.8 Å². The van der Waals surface area contributed by atoms with Gasteiger partial charge < -0.3 is 18.9 Å². The van der Waals surface area contributed by atoms with Gasteiger partial charge in [-0.25, -0.2) is 0 Å². The first-order valence-electron chi connectivity index (χ1n) is 7.24. The van der Waals surface area contributed by atoms with Gasteiger partial charge in [-0.05, 0) is 18.2 Å². The van der Waals surface area contributed by atoms with Crippen molar-refractivity contribution in [1.29, 1.82) is 0 Å². The average molecular weight is 372 g/mol. The molecule has 1 aromatic heterocycles. The van der Waals surface area contributed by atoms with Crippen LogP contribution in [0.2, 0.25) is 10.0 Å². The second-order valence-corrected chi connectivity index (χ2v) is 6.10. The zero-order valence-corrected chi connectivity index (χ0v) is 14.4. The average Bonchev–Trinajstić information content (AvgIpc) is 3.02. The number of hydrogen-bond acceptors (Lipinski definition) is 6. The lowest BCUT2D eigenvalue weighted by atomic mass is 10.1. The molecule has 3 rings (SSSR count). The SMILES string of the molecule is COCc1nc(C2COCCN2C(=O)c2cc(Cl)cc(Cl)c2)no1. The molecule has 1 amide bonds. The highest BCUT2D eigenvalue weighted by atomic mass is 35.5. The number of morpholine rings is 1. The molecule has 24 heavy (non-hydrogen) atoms. The van der Waals surface area contributed by atoms with Crippen LogP contribution in [-0.2, 0) is 16.1 Å². The first kappa shape index (κ1) is 17.2. The maximum Gasteiger partial charge on any atom is 0.254 e. The molecule has 2 heterocycles. The van der Waals surface area contributed by atoms with Gasteiger partial charge in [-0.2, -0.15) is 4.98 Å². The molecule has 7 nitrogen and oxygen atoms in total. The molecule has 1 unspecified atom stereocenters. The van der Waals surface area contributed by atoms with Gasteiger partial charge >= 0.3 is 0 Å². The van der Waals surface area contributed by atoms with Crippen molar-refractivity contribution >= 4 is 29.1 Å². The Hall–Kier alpha value is -1.67. The fourth-order valence-corrected chi connectivity index (χ4v) is 3.02. The number of halogens is 2. The molecule has 1 aliphatic heterocycles. The molecule has 1 atom stereocenters. The molecule has 0 radical (unpaired) electrons. The Labute approximate surface area is 148 Å². The molecule has 0 spiro atoms. The summed E-state index contributed by atoms with van der Waals surface area (Å²) in [5.41, 5.74) is 0.403. The minimum absolute atomic E-state index is 0.207. The highest BCUT2D eigenvalue weighted by Gasteiger charge is 2.33. The maximum absolute atomic E-state index is 12.9. The van der Waals surface area contributed by atoms with Gasteiger partial charge in [-0.1, -0.05) is 28.4 Å². The highest BCUT2D eigenvalue weighted by molar-refractivity contribution is 6.35. The second-order valence-electron chi connectivity index (χ2n) is 5.23. The molecule has 0 bridgehead atoms. The predicted molar refractivity (Wildman–Crippen MR) is 86.1 cm³/mol. The summed E-state index contributed by atoms with van der Waals surface area (Å²) in [4.78, 5) is 18.8. The number of benzene rings is 1. The van der Waals surface area contributed by atoms with Gasteiger partial charge in [0.25, 0.3) is 11.8 Å². The maximum atomic E-state index is 12.9. The van der Waals surface area contributed by atoms with Gasteiger partial charge in [0.15, 0.2) is 5.82 Å². The van der Waals surface area contributed by atoms with Crippen LogP contribution in [0.4, 0.5) is 0 Å². The zero-order chi connectivity index (χ0) is 17.1. The van der Waals surface area contributed by atoms with E-state index in [-0.39, 0.29) is 19.1 Å². The minimum atomic E-state index is -0.446. The molecule has 9 heteroatoms. The van der Waals surface area contributed by atoms with E-state index >= 15 is 0 Å². The molecule has 1 aliphatic rings. The van der Waals surface area contributed by atoms with E-state index in [0.29, 0.717) is 40.5 Å². The fourth-order valence-electron chi connectivity index (χ4n) is 2.49. The zero-order valence-electron chi connectivity index (χ0n) is 12.9. The van der Waals surface area contributed by atoms with Gasteiger partial charge in [0.2, 0.25) is 0 Å². The molecule has 0 aliphatic carbocycles. The van der Waals surface area contributed by atoms with Crippen molar-refractivity contribution in [2.45, 2.75) is 12.6 Å². The summed E-state index contributed by atoms with van der Waals surface area (Å²) < 4.78 is 15.5. The van der Waals surface area contributed by atoms with Crippen LogP contribution >= 0.6 is 23.2 Å². The normalized spacial score (nSPS) is 18.0. The standard InChI is InChI=1S/C15H15Cl2N3O4/c1-22-8-13-18-14(19-24-13)12-7-23-3-2-20(12)15(21)9-4-10(16)6-11(17)5-9/h4-6,12H,2-3,7-8H2,1H3. The van der Waals surface area contributed by atoms with Crippen LogP contribution in [-0.4, -0.2) is 47.8 Å². The van der Waals surface area contributed by atoms with Crippen LogP contribution in [0.15, 0.2) is 22.7 Å². The summed E-state index contributed by atoms with van der Waals surface area (Å²) in [6.07, 6.45) is 0. The lowest BCUT2D eigenvalue weighted by Crippen LogP contribution is -2.43. The molecular formula is C15H15Cl2N3O4. The van der Waals surface area contributed by atoms with E-state index in [1.54, 1.807) is 23.1 Å². The number of methoxy groups -OCH3 is 1. The Bertz CT molecular complexity index is 717. The quantitative estimate of drug-likeness (QED) is 0.821. The van der Waals surface area contributed by atoms with Crippen molar-refractivity contribution in [3.05, 3.63) is 45.5 Å². The van der Waals surface area contributed by atoms with Gasteiger partial charge in [0, 0.05) is 29.3 Å². The summed E-state index contributed by atoms with van der Waals surface area (Å²) in [7, 11) is 1.53. The van der Waals surface area contributed by atoms with Crippen molar-refractivity contribution in [2.75, 3.05) is 26.9 Å². The molecule has 1 fully saturated rings. The number of ether oxygens (including phenoxy) is 2. The minimum Gasteiger partial charge on any atom is -0.377 e. The van der Waals surface area contributed by atoms with E-state index in [1.807, 2.05) is 0 Å². The highest BCUT2D eigenvalue weighted by Crippen LogP contribution is 2.26. The van der Waals surface area contributed by atoms with Crippen LogP contribution in [0.3, 0.4) is 0 Å². The van der Waals surface area contributed by atoms with E-state index in [9.17, 15) is 4.79 Å². The fraction of sp³-hybridized carbons (Fsp3) is 0.400. The topological polar surface area (TPSA) is 77.7 Å². The smallest absolute Gasteiger partial charge is 0.254 e. The summed E-state index contributed by atoms with van der Waals surface area (Å²) in [6.45, 7) is 1.32. The van der Waals surface area contributed by atoms with Crippen LogP contribution in [0.1, 0.15) is 28.1 Å². The Balaban J connectivity index is 1.86. The first-order chi connectivity index (χ1) is 11.6. The Morgan fingerprint density at radius 3 is 2.83 bits per heavy atom. The monoisotopic (exact) mass is 371 g/mol. The third kappa shape index (κ3) is 3.70.